The Bertz CT molecular complexity index is 1580. The summed E-state index contributed by atoms with van der Waals surface area (Å²) in [5, 5.41) is 22.4. The Morgan fingerprint density at radius 3 is 2.16 bits per heavy atom. The van der Waals surface area contributed by atoms with E-state index in [9.17, 15) is 24.6 Å². The van der Waals surface area contributed by atoms with Gasteiger partial charge in [-0.2, -0.15) is 0 Å². The van der Waals surface area contributed by atoms with Gasteiger partial charge in [-0.05, 0) is 78.1 Å². The largest absolute Gasteiger partial charge is 0.507 e. The predicted octanol–water partition coefficient (Wildman–Crippen LogP) is 7.32. The molecule has 1 aliphatic rings. The van der Waals surface area contributed by atoms with E-state index in [1.54, 1.807) is 35.2 Å². The van der Waals surface area contributed by atoms with Crippen LogP contribution in [-0.2, 0) is 17.9 Å². The van der Waals surface area contributed by atoms with Gasteiger partial charge in [0.2, 0.25) is 5.91 Å². The first kappa shape index (κ1) is 30.4. The third-order valence-corrected chi connectivity index (χ3v) is 7.98. The van der Waals surface area contributed by atoms with E-state index in [0.29, 0.717) is 35.9 Å². The average Bonchev–Trinajstić information content (AvgIpc) is 3.57. The fourth-order valence-electron chi connectivity index (χ4n) is 5.48. The van der Waals surface area contributed by atoms with Gasteiger partial charge < -0.3 is 25.2 Å². The third kappa shape index (κ3) is 8.04. The first-order chi connectivity index (χ1) is 21.4. The number of carbonyl (C=O) groups is 3. The number of rotatable bonds is 12. The first-order valence-corrected chi connectivity index (χ1v) is 14.9. The first-order valence-electron chi connectivity index (χ1n) is 14.9. The van der Waals surface area contributed by atoms with Gasteiger partial charge in [0, 0.05) is 24.2 Å². The maximum atomic E-state index is 13.4. The van der Waals surface area contributed by atoms with E-state index in [1.165, 1.54) is 25.0 Å². The molecule has 0 atom stereocenters. The molecule has 0 unspecified atom stereocenters. The SMILES string of the molecule is O=C(NCc1ccc(Oc2ccccc2)cc1)c1ccc(CN(C(=O)CCC2CCCC2)c2ccc(O)c(C(=O)O)c2)cc1. The van der Waals surface area contributed by atoms with E-state index in [0.717, 1.165) is 36.1 Å². The predicted molar refractivity (Wildman–Crippen MR) is 168 cm³/mol. The Morgan fingerprint density at radius 1 is 0.818 bits per heavy atom. The Morgan fingerprint density at radius 2 is 1.48 bits per heavy atom. The lowest BCUT2D eigenvalue weighted by Crippen LogP contribution is -2.31. The van der Waals surface area contributed by atoms with Gasteiger partial charge in [0.25, 0.3) is 5.91 Å². The van der Waals surface area contributed by atoms with Crippen LogP contribution in [0.2, 0.25) is 0 Å². The highest BCUT2D eigenvalue weighted by molar-refractivity contribution is 5.97. The van der Waals surface area contributed by atoms with Crippen molar-refractivity contribution in [2.75, 3.05) is 4.90 Å². The van der Waals surface area contributed by atoms with Crippen molar-refractivity contribution >= 4 is 23.5 Å². The highest BCUT2D eigenvalue weighted by atomic mass is 16.5. The summed E-state index contributed by atoms with van der Waals surface area (Å²) in [5.41, 5.74) is 2.33. The van der Waals surface area contributed by atoms with Crippen LogP contribution in [0.3, 0.4) is 0 Å². The zero-order valence-electron chi connectivity index (χ0n) is 24.4. The summed E-state index contributed by atoms with van der Waals surface area (Å²) in [6.07, 6.45) is 5.80. The van der Waals surface area contributed by atoms with Crippen molar-refractivity contribution in [3.63, 3.8) is 0 Å². The van der Waals surface area contributed by atoms with Gasteiger partial charge in [-0.25, -0.2) is 4.79 Å². The van der Waals surface area contributed by atoms with Crippen LogP contribution >= 0.6 is 0 Å². The minimum absolute atomic E-state index is 0.110. The number of nitrogens with zero attached hydrogens (tertiary/aromatic N) is 1. The molecule has 0 heterocycles. The maximum Gasteiger partial charge on any atom is 0.339 e. The molecule has 5 rings (SSSR count). The molecule has 1 fully saturated rings. The fourth-order valence-corrected chi connectivity index (χ4v) is 5.48. The zero-order chi connectivity index (χ0) is 30.9. The molecular weight excluding hydrogens is 556 g/mol. The normalized spacial score (nSPS) is 12.9. The number of carboxylic acid groups (broad SMARTS) is 1. The summed E-state index contributed by atoms with van der Waals surface area (Å²) in [7, 11) is 0. The number of amides is 2. The molecule has 0 radical (unpaired) electrons. The van der Waals surface area contributed by atoms with Crippen molar-refractivity contribution in [3.05, 3.63) is 119 Å². The molecule has 0 spiro atoms. The number of carbonyl (C=O) groups excluding carboxylic acids is 2. The highest BCUT2D eigenvalue weighted by Crippen LogP contribution is 2.31. The lowest BCUT2D eigenvalue weighted by atomic mass is 10.0. The van der Waals surface area contributed by atoms with E-state index in [1.807, 2.05) is 54.6 Å². The Balaban J connectivity index is 1.21. The number of phenols is 1. The van der Waals surface area contributed by atoms with E-state index in [-0.39, 0.29) is 29.7 Å². The van der Waals surface area contributed by atoms with Crippen molar-refractivity contribution in [2.24, 2.45) is 5.92 Å². The molecule has 226 valence electrons. The summed E-state index contributed by atoms with van der Waals surface area (Å²) >= 11 is 0. The van der Waals surface area contributed by atoms with E-state index < -0.39 is 5.97 Å². The van der Waals surface area contributed by atoms with Crippen LogP contribution in [0.5, 0.6) is 17.2 Å². The molecule has 2 amide bonds. The van der Waals surface area contributed by atoms with Gasteiger partial charge in [-0.3, -0.25) is 9.59 Å². The molecule has 0 aliphatic heterocycles. The van der Waals surface area contributed by atoms with Crippen molar-refractivity contribution < 1.29 is 29.3 Å². The number of nitrogens with one attached hydrogen (secondary N) is 1. The van der Waals surface area contributed by atoms with Gasteiger partial charge in [-0.15, -0.1) is 0 Å². The fraction of sp³-hybridized carbons (Fsp3) is 0.250. The number of aromatic hydroxyl groups is 1. The molecule has 0 bridgehead atoms. The van der Waals surface area contributed by atoms with Crippen molar-refractivity contribution in [1.29, 1.82) is 0 Å². The molecular formula is C36H36N2O6. The lowest BCUT2D eigenvalue weighted by Gasteiger charge is -2.24. The van der Waals surface area contributed by atoms with Gasteiger partial charge in [-0.1, -0.05) is 68.1 Å². The van der Waals surface area contributed by atoms with Gasteiger partial charge in [0.05, 0.1) is 6.54 Å². The second kappa shape index (κ2) is 14.4. The summed E-state index contributed by atoms with van der Waals surface area (Å²) in [5.74, 6) is 0.0341. The van der Waals surface area contributed by atoms with Crippen LogP contribution < -0.4 is 15.0 Å². The topological polar surface area (TPSA) is 116 Å². The minimum atomic E-state index is -1.27. The van der Waals surface area contributed by atoms with Crippen LogP contribution in [-0.4, -0.2) is 28.0 Å². The molecule has 3 N–H and O–H groups in total. The molecule has 0 aromatic heterocycles. The van der Waals surface area contributed by atoms with E-state index in [2.05, 4.69) is 5.32 Å². The number of para-hydroxylation sites is 1. The summed E-state index contributed by atoms with van der Waals surface area (Å²) in [6, 6.07) is 28.2. The molecule has 1 saturated carbocycles. The Hall–Kier alpha value is -5.11. The summed E-state index contributed by atoms with van der Waals surface area (Å²) < 4.78 is 5.82. The summed E-state index contributed by atoms with van der Waals surface area (Å²) in [4.78, 5) is 39.5. The van der Waals surface area contributed by atoms with Crippen LogP contribution in [0, 0.1) is 5.92 Å². The molecule has 1 aliphatic carbocycles. The number of hydrogen-bond donors (Lipinski definition) is 3. The standard InChI is InChI=1S/C36H36N2O6/c39-33-20-17-29(22-32(33)36(42)43)38(34(40)21-14-25-6-4-5-7-25)24-27-10-15-28(16-11-27)35(41)37-23-26-12-18-31(19-13-26)44-30-8-2-1-3-9-30/h1-3,8-13,15-20,22,25,39H,4-7,14,21,23-24H2,(H,37,41)(H,42,43). The number of carboxylic acids is 1. The molecule has 8 heteroatoms. The van der Waals surface area contributed by atoms with Crippen molar-refractivity contribution in [2.45, 2.75) is 51.6 Å². The van der Waals surface area contributed by atoms with Crippen LogP contribution in [0.25, 0.3) is 0 Å². The Kier molecular flexibility index (Phi) is 9.92. The minimum Gasteiger partial charge on any atom is -0.507 e. The van der Waals surface area contributed by atoms with Gasteiger partial charge in [0.1, 0.15) is 22.8 Å². The van der Waals surface area contributed by atoms with E-state index >= 15 is 0 Å². The number of ether oxygens (including phenoxy) is 1. The molecule has 8 nitrogen and oxygen atoms in total. The van der Waals surface area contributed by atoms with Crippen LogP contribution in [0.1, 0.15) is 70.4 Å². The smallest absolute Gasteiger partial charge is 0.339 e. The van der Waals surface area contributed by atoms with Crippen molar-refractivity contribution in [3.8, 4) is 17.2 Å². The van der Waals surface area contributed by atoms with Crippen molar-refractivity contribution in [1.82, 2.24) is 5.32 Å². The average molecular weight is 593 g/mol. The maximum absolute atomic E-state index is 13.4. The Labute approximate surface area is 256 Å². The second-order valence-corrected chi connectivity index (χ2v) is 11.1. The quantitative estimate of drug-likeness (QED) is 0.159. The monoisotopic (exact) mass is 592 g/mol. The number of aromatic carboxylic acids is 1. The van der Waals surface area contributed by atoms with Crippen LogP contribution in [0.15, 0.2) is 97.1 Å². The van der Waals surface area contributed by atoms with Gasteiger partial charge in [0.15, 0.2) is 0 Å². The van der Waals surface area contributed by atoms with Gasteiger partial charge >= 0.3 is 5.97 Å². The molecule has 4 aromatic rings. The number of hydrogen-bond acceptors (Lipinski definition) is 5. The lowest BCUT2D eigenvalue weighted by molar-refractivity contribution is -0.119. The number of benzene rings is 4. The van der Waals surface area contributed by atoms with Crippen LogP contribution in [0.4, 0.5) is 5.69 Å². The third-order valence-electron chi connectivity index (χ3n) is 7.98. The zero-order valence-corrected chi connectivity index (χ0v) is 24.4. The highest BCUT2D eigenvalue weighted by Gasteiger charge is 2.22. The molecule has 44 heavy (non-hydrogen) atoms. The van der Waals surface area contributed by atoms with E-state index in [4.69, 9.17) is 4.74 Å². The molecule has 4 aromatic carbocycles. The second-order valence-electron chi connectivity index (χ2n) is 11.1. The number of anilines is 1. The molecule has 0 saturated heterocycles. The summed E-state index contributed by atoms with van der Waals surface area (Å²) in [6.45, 7) is 0.550.